The number of nitrogens with zero attached hydrogens (tertiary/aromatic N) is 1. The number of hydrogen-bond acceptors (Lipinski definition) is 3. The average Bonchev–Trinajstić information content (AvgIpc) is 2.47. The first kappa shape index (κ1) is 18.0. The van der Waals surface area contributed by atoms with Crippen LogP contribution < -0.4 is 11.1 Å². The zero-order valence-corrected chi connectivity index (χ0v) is 13.7. The van der Waals surface area contributed by atoms with Gasteiger partial charge >= 0.3 is 0 Å². The Hall–Kier alpha value is -1.10. The monoisotopic (exact) mass is 297 g/mol. The van der Waals surface area contributed by atoms with Gasteiger partial charge in [0.1, 0.15) is 0 Å². The summed E-state index contributed by atoms with van der Waals surface area (Å²) < 4.78 is 0. The summed E-state index contributed by atoms with van der Waals surface area (Å²) in [6, 6.07) is -0.251. The van der Waals surface area contributed by atoms with Gasteiger partial charge in [-0.15, -0.1) is 0 Å². The third-order valence-corrected chi connectivity index (χ3v) is 4.28. The molecule has 3 unspecified atom stereocenters. The lowest BCUT2D eigenvalue weighted by molar-refractivity contribution is -0.139. The van der Waals surface area contributed by atoms with Crippen LogP contribution in [0, 0.1) is 5.92 Å². The van der Waals surface area contributed by atoms with Gasteiger partial charge in [0.2, 0.25) is 11.8 Å². The van der Waals surface area contributed by atoms with Crippen LogP contribution in [-0.2, 0) is 9.59 Å². The molecule has 3 atom stereocenters. The SMILES string of the molecule is CCCCNC(=O)C1CCC(C)N(C(=O)C(N)CCC)C1. The fourth-order valence-electron chi connectivity index (χ4n) is 2.81. The standard InChI is InChI=1S/C16H31N3O2/c1-4-6-10-18-15(20)13-9-8-12(3)19(11-13)16(21)14(17)7-5-2/h12-14H,4-11,17H2,1-3H3,(H,18,20). The number of nitrogens with one attached hydrogen (secondary N) is 1. The van der Waals surface area contributed by atoms with Crippen molar-refractivity contribution in [3.63, 3.8) is 0 Å². The molecule has 1 aliphatic heterocycles. The molecule has 3 N–H and O–H groups in total. The quantitative estimate of drug-likeness (QED) is 0.702. The van der Waals surface area contributed by atoms with E-state index in [1.54, 1.807) is 0 Å². The minimum atomic E-state index is -0.431. The molecule has 0 aromatic heterocycles. The highest BCUT2D eigenvalue weighted by Crippen LogP contribution is 2.23. The Kier molecular flexibility index (Phi) is 7.72. The van der Waals surface area contributed by atoms with Gasteiger partial charge in [0.25, 0.3) is 0 Å². The summed E-state index contributed by atoms with van der Waals surface area (Å²) in [5, 5.41) is 2.97. The molecular formula is C16H31N3O2. The summed E-state index contributed by atoms with van der Waals surface area (Å²) in [6.07, 6.45) is 5.39. The van der Waals surface area contributed by atoms with Gasteiger partial charge in [-0.25, -0.2) is 0 Å². The van der Waals surface area contributed by atoms with Crippen molar-refractivity contribution in [1.29, 1.82) is 0 Å². The fraction of sp³-hybridized carbons (Fsp3) is 0.875. The van der Waals surface area contributed by atoms with E-state index in [9.17, 15) is 9.59 Å². The highest BCUT2D eigenvalue weighted by Gasteiger charge is 2.34. The molecular weight excluding hydrogens is 266 g/mol. The molecule has 5 nitrogen and oxygen atoms in total. The number of carbonyl (C=O) groups is 2. The predicted molar refractivity (Wildman–Crippen MR) is 84.7 cm³/mol. The summed E-state index contributed by atoms with van der Waals surface area (Å²) in [5.41, 5.74) is 5.95. The lowest BCUT2D eigenvalue weighted by atomic mass is 9.91. The number of rotatable bonds is 7. The van der Waals surface area contributed by atoms with Crippen molar-refractivity contribution in [2.24, 2.45) is 11.7 Å². The van der Waals surface area contributed by atoms with Crippen LogP contribution in [0.2, 0.25) is 0 Å². The van der Waals surface area contributed by atoms with Gasteiger partial charge in [-0.05, 0) is 32.6 Å². The smallest absolute Gasteiger partial charge is 0.239 e. The molecule has 0 aromatic carbocycles. The maximum absolute atomic E-state index is 12.4. The molecule has 0 saturated carbocycles. The van der Waals surface area contributed by atoms with Crippen LogP contribution in [0.4, 0.5) is 0 Å². The molecule has 2 amide bonds. The van der Waals surface area contributed by atoms with Crippen molar-refractivity contribution in [3.8, 4) is 0 Å². The highest BCUT2D eigenvalue weighted by atomic mass is 16.2. The molecule has 0 radical (unpaired) electrons. The van der Waals surface area contributed by atoms with E-state index in [0.717, 1.165) is 38.6 Å². The van der Waals surface area contributed by atoms with Crippen LogP contribution in [0.1, 0.15) is 59.3 Å². The number of hydrogen-bond donors (Lipinski definition) is 2. The van der Waals surface area contributed by atoms with E-state index < -0.39 is 6.04 Å². The van der Waals surface area contributed by atoms with Crippen molar-refractivity contribution in [1.82, 2.24) is 10.2 Å². The van der Waals surface area contributed by atoms with E-state index in [-0.39, 0.29) is 23.8 Å². The zero-order valence-electron chi connectivity index (χ0n) is 13.7. The lowest BCUT2D eigenvalue weighted by Gasteiger charge is -2.38. The molecule has 122 valence electrons. The summed E-state index contributed by atoms with van der Waals surface area (Å²) >= 11 is 0. The fourth-order valence-corrected chi connectivity index (χ4v) is 2.81. The summed E-state index contributed by atoms with van der Waals surface area (Å²) in [4.78, 5) is 26.4. The second kappa shape index (κ2) is 9.03. The Balaban J connectivity index is 2.56. The van der Waals surface area contributed by atoms with Gasteiger partial charge in [0, 0.05) is 19.1 Å². The molecule has 1 heterocycles. The lowest BCUT2D eigenvalue weighted by Crippen LogP contribution is -2.54. The van der Waals surface area contributed by atoms with Crippen LogP contribution in [-0.4, -0.2) is 41.9 Å². The van der Waals surface area contributed by atoms with Crippen molar-refractivity contribution < 1.29 is 9.59 Å². The Morgan fingerprint density at radius 2 is 2.00 bits per heavy atom. The maximum atomic E-state index is 12.4. The summed E-state index contributed by atoms with van der Waals surface area (Å²) in [7, 11) is 0. The van der Waals surface area contributed by atoms with Crippen LogP contribution in [0.15, 0.2) is 0 Å². The molecule has 0 aliphatic carbocycles. The number of amides is 2. The second-order valence-corrected chi connectivity index (χ2v) is 6.15. The Bertz CT molecular complexity index is 346. The van der Waals surface area contributed by atoms with Gasteiger partial charge in [-0.3, -0.25) is 9.59 Å². The van der Waals surface area contributed by atoms with E-state index in [1.165, 1.54) is 0 Å². The van der Waals surface area contributed by atoms with Gasteiger partial charge in [-0.1, -0.05) is 26.7 Å². The van der Waals surface area contributed by atoms with Crippen molar-refractivity contribution >= 4 is 11.8 Å². The molecule has 0 bridgehead atoms. The number of piperidine rings is 1. The largest absolute Gasteiger partial charge is 0.356 e. The molecule has 1 aliphatic rings. The third-order valence-electron chi connectivity index (χ3n) is 4.28. The maximum Gasteiger partial charge on any atom is 0.239 e. The first-order valence-corrected chi connectivity index (χ1v) is 8.35. The van der Waals surface area contributed by atoms with Crippen LogP contribution >= 0.6 is 0 Å². The number of likely N-dealkylation sites (tertiary alicyclic amines) is 1. The zero-order chi connectivity index (χ0) is 15.8. The van der Waals surface area contributed by atoms with Crippen LogP contribution in [0.5, 0.6) is 0 Å². The number of nitrogens with two attached hydrogens (primary N) is 1. The number of unbranched alkanes of at least 4 members (excludes halogenated alkanes) is 1. The van der Waals surface area contributed by atoms with Crippen molar-refractivity contribution in [2.75, 3.05) is 13.1 Å². The van der Waals surface area contributed by atoms with Gasteiger partial charge in [-0.2, -0.15) is 0 Å². The Morgan fingerprint density at radius 1 is 1.29 bits per heavy atom. The topological polar surface area (TPSA) is 75.4 Å². The number of carbonyl (C=O) groups excluding carboxylic acids is 2. The van der Waals surface area contributed by atoms with Crippen molar-refractivity contribution in [3.05, 3.63) is 0 Å². The van der Waals surface area contributed by atoms with Gasteiger partial charge < -0.3 is 16.0 Å². The molecule has 21 heavy (non-hydrogen) atoms. The third kappa shape index (κ3) is 5.30. The second-order valence-electron chi connectivity index (χ2n) is 6.15. The molecule has 5 heteroatoms. The summed E-state index contributed by atoms with van der Waals surface area (Å²) in [6.45, 7) is 7.41. The normalized spacial score (nSPS) is 23.7. The van der Waals surface area contributed by atoms with E-state index in [4.69, 9.17) is 5.73 Å². The van der Waals surface area contributed by atoms with Crippen molar-refractivity contribution in [2.45, 2.75) is 71.4 Å². The van der Waals surface area contributed by atoms with E-state index >= 15 is 0 Å². The highest BCUT2D eigenvalue weighted by molar-refractivity contribution is 5.84. The average molecular weight is 297 g/mol. The Morgan fingerprint density at radius 3 is 2.62 bits per heavy atom. The minimum absolute atomic E-state index is 0.00425. The summed E-state index contributed by atoms with van der Waals surface area (Å²) in [5.74, 6) is -0.0107. The molecule has 1 saturated heterocycles. The van der Waals surface area contributed by atoms with Crippen LogP contribution in [0.3, 0.4) is 0 Å². The minimum Gasteiger partial charge on any atom is -0.356 e. The van der Waals surface area contributed by atoms with Gasteiger partial charge in [0.15, 0.2) is 0 Å². The molecule has 1 fully saturated rings. The van der Waals surface area contributed by atoms with Crippen LogP contribution in [0.25, 0.3) is 0 Å². The van der Waals surface area contributed by atoms with E-state index in [1.807, 2.05) is 18.7 Å². The first-order chi connectivity index (χ1) is 10.0. The first-order valence-electron chi connectivity index (χ1n) is 8.35. The Labute approximate surface area is 128 Å². The predicted octanol–water partition coefficient (Wildman–Crippen LogP) is 1.66. The van der Waals surface area contributed by atoms with E-state index in [2.05, 4.69) is 12.2 Å². The molecule has 0 spiro atoms. The van der Waals surface area contributed by atoms with Gasteiger partial charge in [0.05, 0.1) is 12.0 Å². The molecule has 1 rings (SSSR count). The molecule has 0 aromatic rings. The van der Waals surface area contributed by atoms with E-state index in [0.29, 0.717) is 13.0 Å².